The molecule has 1 rings (SSSR count). The van der Waals surface area contributed by atoms with Gasteiger partial charge in [-0.15, -0.1) is 0 Å². The van der Waals surface area contributed by atoms with E-state index in [2.05, 4.69) is 16.0 Å². The van der Waals surface area contributed by atoms with Gasteiger partial charge < -0.3 is 20.7 Å². The molecule has 28 heavy (non-hydrogen) atoms. The maximum absolute atomic E-state index is 11.8. The van der Waals surface area contributed by atoms with E-state index in [9.17, 15) is 14.4 Å². The summed E-state index contributed by atoms with van der Waals surface area (Å²) in [6.07, 6.45) is 1.21. The number of rotatable bonds is 10. The van der Waals surface area contributed by atoms with Gasteiger partial charge in [0.2, 0.25) is 11.8 Å². The van der Waals surface area contributed by atoms with Gasteiger partial charge in [-0.1, -0.05) is 29.8 Å². The van der Waals surface area contributed by atoms with Gasteiger partial charge in [0.15, 0.2) is 0 Å². The van der Waals surface area contributed by atoms with Crippen molar-refractivity contribution in [2.45, 2.75) is 52.1 Å². The van der Waals surface area contributed by atoms with E-state index in [1.165, 1.54) is 0 Å². The Morgan fingerprint density at radius 3 is 2.14 bits per heavy atom. The lowest BCUT2D eigenvalue weighted by Gasteiger charge is -2.19. The molecule has 7 nitrogen and oxygen atoms in total. The van der Waals surface area contributed by atoms with E-state index in [1.54, 1.807) is 26.8 Å². The lowest BCUT2D eigenvalue weighted by atomic mass is 10.1. The molecular weight excluding hydrogens is 382 g/mol. The molecule has 156 valence electrons. The Labute approximate surface area is 171 Å². The summed E-state index contributed by atoms with van der Waals surface area (Å²) in [4.78, 5) is 35.0. The van der Waals surface area contributed by atoms with Crippen LogP contribution < -0.4 is 16.0 Å². The molecule has 0 atom stereocenters. The summed E-state index contributed by atoms with van der Waals surface area (Å²) < 4.78 is 5.08. The second-order valence-corrected chi connectivity index (χ2v) is 7.73. The van der Waals surface area contributed by atoms with Gasteiger partial charge in [0.25, 0.3) is 0 Å². The SMILES string of the molecule is CC(C)(C)OC(=O)NCCC(=O)NCCCNC(=O)CCc1ccccc1Cl. The number of halogens is 1. The monoisotopic (exact) mass is 411 g/mol. The van der Waals surface area contributed by atoms with Crippen LogP contribution >= 0.6 is 11.6 Å². The predicted molar refractivity (Wildman–Crippen MR) is 109 cm³/mol. The molecule has 0 aliphatic rings. The molecule has 0 aromatic heterocycles. The summed E-state index contributed by atoms with van der Waals surface area (Å²) in [6.45, 7) is 6.46. The van der Waals surface area contributed by atoms with Crippen LogP contribution in [0.4, 0.5) is 4.79 Å². The van der Waals surface area contributed by atoms with E-state index in [0.29, 0.717) is 37.4 Å². The van der Waals surface area contributed by atoms with Gasteiger partial charge in [-0.05, 0) is 45.2 Å². The summed E-state index contributed by atoms with van der Waals surface area (Å²) >= 11 is 6.06. The van der Waals surface area contributed by atoms with E-state index in [0.717, 1.165) is 5.56 Å². The Kier molecular flexibility index (Phi) is 10.4. The molecule has 3 amide bonds. The number of hydrogen-bond donors (Lipinski definition) is 3. The van der Waals surface area contributed by atoms with E-state index in [-0.39, 0.29) is 24.8 Å². The fourth-order valence-corrected chi connectivity index (χ4v) is 2.49. The van der Waals surface area contributed by atoms with Crippen molar-refractivity contribution in [1.29, 1.82) is 0 Å². The van der Waals surface area contributed by atoms with E-state index in [1.807, 2.05) is 18.2 Å². The molecule has 1 aromatic rings. The zero-order chi connectivity index (χ0) is 21.0. The number of ether oxygens (including phenoxy) is 1. The van der Waals surface area contributed by atoms with Crippen molar-refractivity contribution >= 4 is 29.5 Å². The van der Waals surface area contributed by atoms with Gasteiger partial charge in [0.05, 0.1) is 0 Å². The standard InChI is InChI=1S/C20H30ClN3O4/c1-20(2,3)28-19(27)24-14-11-18(26)23-13-6-12-22-17(25)10-9-15-7-4-5-8-16(15)21/h4-5,7-8H,6,9-14H2,1-3H3,(H,22,25)(H,23,26)(H,24,27). The first-order valence-corrected chi connectivity index (χ1v) is 9.79. The summed E-state index contributed by atoms with van der Waals surface area (Å²) in [6, 6.07) is 7.46. The summed E-state index contributed by atoms with van der Waals surface area (Å²) in [5, 5.41) is 8.76. The molecular formula is C20H30ClN3O4. The van der Waals surface area contributed by atoms with E-state index >= 15 is 0 Å². The molecule has 0 unspecified atom stereocenters. The first-order valence-electron chi connectivity index (χ1n) is 9.41. The van der Waals surface area contributed by atoms with Crippen LogP contribution in [0.5, 0.6) is 0 Å². The van der Waals surface area contributed by atoms with Gasteiger partial charge in [0, 0.05) is 37.5 Å². The fraction of sp³-hybridized carbons (Fsp3) is 0.550. The number of amides is 3. The van der Waals surface area contributed by atoms with Crippen molar-refractivity contribution in [2.75, 3.05) is 19.6 Å². The zero-order valence-electron chi connectivity index (χ0n) is 16.8. The van der Waals surface area contributed by atoms with Crippen molar-refractivity contribution in [1.82, 2.24) is 16.0 Å². The van der Waals surface area contributed by atoms with E-state index in [4.69, 9.17) is 16.3 Å². The van der Waals surface area contributed by atoms with Gasteiger partial charge in [-0.2, -0.15) is 0 Å². The minimum atomic E-state index is -0.565. The highest BCUT2D eigenvalue weighted by Gasteiger charge is 2.15. The molecule has 8 heteroatoms. The van der Waals surface area contributed by atoms with Crippen LogP contribution in [0, 0.1) is 0 Å². The van der Waals surface area contributed by atoms with Gasteiger partial charge in [-0.3, -0.25) is 9.59 Å². The minimum Gasteiger partial charge on any atom is -0.444 e. The molecule has 0 radical (unpaired) electrons. The molecule has 0 aliphatic carbocycles. The number of benzene rings is 1. The van der Waals surface area contributed by atoms with Crippen LogP contribution in [-0.4, -0.2) is 43.1 Å². The third-order valence-corrected chi connectivity index (χ3v) is 3.97. The highest BCUT2D eigenvalue weighted by atomic mass is 35.5. The van der Waals surface area contributed by atoms with Crippen molar-refractivity contribution in [3.8, 4) is 0 Å². The molecule has 3 N–H and O–H groups in total. The highest BCUT2D eigenvalue weighted by molar-refractivity contribution is 6.31. The second-order valence-electron chi connectivity index (χ2n) is 7.32. The van der Waals surface area contributed by atoms with Crippen LogP contribution in [-0.2, 0) is 20.7 Å². The number of hydrogen-bond acceptors (Lipinski definition) is 4. The molecule has 0 aliphatic heterocycles. The summed E-state index contributed by atoms with van der Waals surface area (Å²) in [7, 11) is 0. The van der Waals surface area contributed by atoms with Gasteiger partial charge in [-0.25, -0.2) is 4.79 Å². The van der Waals surface area contributed by atoms with Crippen molar-refractivity contribution in [2.24, 2.45) is 0 Å². The maximum Gasteiger partial charge on any atom is 0.407 e. The van der Waals surface area contributed by atoms with Crippen LogP contribution in [0.3, 0.4) is 0 Å². The normalized spacial score (nSPS) is 10.9. The Bertz CT molecular complexity index is 659. The molecule has 0 saturated heterocycles. The smallest absolute Gasteiger partial charge is 0.407 e. The lowest BCUT2D eigenvalue weighted by Crippen LogP contribution is -2.35. The second kappa shape index (κ2) is 12.2. The number of alkyl carbamates (subject to hydrolysis) is 1. The third kappa shape index (κ3) is 11.4. The quantitative estimate of drug-likeness (QED) is 0.516. The molecule has 0 fully saturated rings. The topological polar surface area (TPSA) is 96.5 Å². The molecule has 0 saturated carbocycles. The fourth-order valence-electron chi connectivity index (χ4n) is 2.26. The molecule has 0 bridgehead atoms. The Hall–Kier alpha value is -2.28. The van der Waals surface area contributed by atoms with Crippen molar-refractivity contribution in [3.05, 3.63) is 34.9 Å². The zero-order valence-corrected chi connectivity index (χ0v) is 17.5. The van der Waals surface area contributed by atoms with Crippen molar-refractivity contribution in [3.63, 3.8) is 0 Å². The average molecular weight is 412 g/mol. The lowest BCUT2D eigenvalue weighted by molar-refractivity contribution is -0.121. The minimum absolute atomic E-state index is 0.0483. The highest BCUT2D eigenvalue weighted by Crippen LogP contribution is 2.16. The van der Waals surface area contributed by atoms with Gasteiger partial charge in [0.1, 0.15) is 5.60 Å². The van der Waals surface area contributed by atoms with Crippen LogP contribution in [0.25, 0.3) is 0 Å². The van der Waals surface area contributed by atoms with Crippen LogP contribution in [0.2, 0.25) is 5.02 Å². The first-order chi connectivity index (χ1) is 13.2. The number of carbonyl (C=O) groups is 3. The van der Waals surface area contributed by atoms with Crippen molar-refractivity contribution < 1.29 is 19.1 Å². The van der Waals surface area contributed by atoms with Gasteiger partial charge >= 0.3 is 6.09 Å². The Balaban J connectivity index is 2.04. The number of nitrogens with one attached hydrogen (secondary N) is 3. The average Bonchev–Trinajstić information content (AvgIpc) is 2.59. The Morgan fingerprint density at radius 1 is 0.929 bits per heavy atom. The van der Waals surface area contributed by atoms with Crippen LogP contribution in [0.15, 0.2) is 24.3 Å². The molecule has 0 spiro atoms. The Morgan fingerprint density at radius 2 is 1.54 bits per heavy atom. The van der Waals surface area contributed by atoms with E-state index < -0.39 is 11.7 Å². The van der Waals surface area contributed by atoms with Crippen LogP contribution in [0.1, 0.15) is 45.6 Å². The number of aryl methyl sites for hydroxylation is 1. The first kappa shape index (κ1) is 23.8. The molecule has 0 heterocycles. The largest absolute Gasteiger partial charge is 0.444 e. The third-order valence-electron chi connectivity index (χ3n) is 3.60. The predicted octanol–water partition coefficient (Wildman–Crippen LogP) is 2.81. The maximum atomic E-state index is 11.8. The molecule has 1 aromatic carbocycles. The number of carbonyl (C=O) groups excluding carboxylic acids is 3. The summed E-state index contributed by atoms with van der Waals surface area (Å²) in [5.41, 5.74) is 0.385. The summed E-state index contributed by atoms with van der Waals surface area (Å²) in [5.74, 6) is -0.214.